The van der Waals surface area contributed by atoms with Crippen LogP contribution in [0.3, 0.4) is 0 Å². The highest BCUT2D eigenvalue weighted by molar-refractivity contribution is 5.17. The van der Waals surface area contributed by atoms with Crippen LogP contribution in [-0.2, 0) is 17.8 Å². The molecule has 0 radical (unpaired) electrons. The Morgan fingerprint density at radius 2 is 2.38 bits per heavy atom. The summed E-state index contributed by atoms with van der Waals surface area (Å²) in [5.41, 5.74) is 1.18. The molecule has 0 aromatic carbocycles. The molecule has 0 aliphatic carbocycles. The number of rotatable bonds is 5. The minimum absolute atomic E-state index is 0.145. The topological polar surface area (TPSA) is 65.3 Å². The number of hydrogen-bond acceptors (Lipinski definition) is 6. The van der Waals surface area contributed by atoms with Crippen LogP contribution in [0.5, 0.6) is 5.88 Å². The molecule has 2 aromatic rings. The number of hydrogen-bond donors (Lipinski definition) is 0. The van der Waals surface area contributed by atoms with E-state index in [4.69, 9.17) is 9.47 Å². The fraction of sp³-hybridized carbons (Fsp3) is 0.500. The van der Waals surface area contributed by atoms with Crippen molar-refractivity contribution in [3.05, 3.63) is 36.3 Å². The van der Waals surface area contributed by atoms with Crippen LogP contribution in [0.2, 0.25) is 0 Å². The van der Waals surface area contributed by atoms with Gasteiger partial charge in [0.25, 0.3) is 0 Å². The molecule has 1 aliphatic heterocycles. The van der Waals surface area contributed by atoms with Gasteiger partial charge in [-0.3, -0.25) is 4.90 Å². The maximum atomic E-state index is 5.79. The van der Waals surface area contributed by atoms with Crippen molar-refractivity contribution in [3.63, 3.8) is 0 Å². The summed E-state index contributed by atoms with van der Waals surface area (Å²) in [6.45, 7) is 4.15. The van der Waals surface area contributed by atoms with Crippen LogP contribution in [0.25, 0.3) is 0 Å². The van der Waals surface area contributed by atoms with Crippen LogP contribution >= 0.6 is 0 Å². The van der Waals surface area contributed by atoms with Gasteiger partial charge in [0.2, 0.25) is 5.88 Å². The largest absolute Gasteiger partial charge is 0.481 e. The molecule has 1 unspecified atom stereocenters. The zero-order valence-electron chi connectivity index (χ0n) is 12.1. The predicted octanol–water partition coefficient (Wildman–Crippen LogP) is 0.583. The van der Waals surface area contributed by atoms with Crippen LogP contribution in [0.1, 0.15) is 5.56 Å². The van der Waals surface area contributed by atoms with E-state index in [0.717, 1.165) is 32.8 Å². The third kappa shape index (κ3) is 3.77. The van der Waals surface area contributed by atoms with Crippen molar-refractivity contribution < 1.29 is 9.47 Å². The average molecular weight is 289 g/mol. The summed E-state index contributed by atoms with van der Waals surface area (Å²) in [6.07, 6.45) is 5.55. The molecule has 1 atom stereocenters. The fourth-order valence-corrected chi connectivity index (χ4v) is 2.46. The van der Waals surface area contributed by atoms with Gasteiger partial charge in [-0.15, -0.1) is 5.10 Å². The normalized spacial score (nSPS) is 19.6. The Hall–Kier alpha value is -1.99. The number of morpholine rings is 1. The maximum Gasteiger partial charge on any atom is 0.212 e. The SMILES string of the molecule is COc1ccc(CN2CCOC(Cn3ccnn3)C2)cn1. The molecule has 7 heteroatoms. The number of ether oxygens (including phenoxy) is 2. The van der Waals surface area contributed by atoms with E-state index in [1.165, 1.54) is 5.56 Å². The van der Waals surface area contributed by atoms with Gasteiger partial charge < -0.3 is 9.47 Å². The highest BCUT2D eigenvalue weighted by atomic mass is 16.5. The average Bonchev–Trinajstić information content (AvgIpc) is 3.01. The highest BCUT2D eigenvalue weighted by Gasteiger charge is 2.21. The number of aromatic nitrogens is 4. The lowest BCUT2D eigenvalue weighted by molar-refractivity contribution is -0.0404. The van der Waals surface area contributed by atoms with Gasteiger partial charge in [-0.1, -0.05) is 11.3 Å². The first kappa shape index (κ1) is 14.0. The van der Waals surface area contributed by atoms with Crippen molar-refractivity contribution in [2.75, 3.05) is 26.8 Å². The van der Waals surface area contributed by atoms with Gasteiger partial charge in [0, 0.05) is 38.1 Å². The first-order chi connectivity index (χ1) is 10.3. The van der Waals surface area contributed by atoms with Crippen LogP contribution in [0.15, 0.2) is 30.7 Å². The summed E-state index contributed by atoms with van der Waals surface area (Å²) < 4.78 is 12.7. The molecule has 0 N–H and O–H groups in total. The maximum absolute atomic E-state index is 5.79. The predicted molar refractivity (Wildman–Crippen MR) is 75.8 cm³/mol. The summed E-state index contributed by atoms with van der Waals surface area (Å²) in [7, 11) is 1.62. The summed E-state index contributed by atoms with van der Waals surface area (Å²) in [5.74, 6) is 0.643. The van der Waals surface area contributed by atoms with Crippen molar-refractivity contribution in [1.82, 2.24) is 24.9 Å². The van der Waals surface area contributed by atoms with Crippen LogP contribution in [0, 0.1) is 0 Å². The van der Waals surface area contributed by atoms with Crippen molar-refractivity contribution in [1.29, 1.82) is 0 Å². The minimum Gasteiger partial charge on any atom is -0.481 e. The van der Waals surface area contributed by atoms with Gasteiger partial charge in [-0.05, 0) is 5.56 Å². The van der Waals surface area contributed by atoms with E-state index in [0.29, 0.717) is 5.88 Å². The minimum atomic E-state index is 0.145. The smallest absolute Gasteiger partial charge is 0.212 e. The summed E-state index contributed by atoms with van der Waals surface area (Å²) in [4.78, 5) is 6.61. The van der Waals surface area contributed by atoms with E-state index >= 15 is 0 Å². The quantitative estimate of drug-likeness (QED) is 0.802. The molecule has 1 fully saturated rings. The van der Waals surface area contributed by atoms with E-state index < -0.39 is 0 Å². The van der Waals surface area contributed by atoms with E-state index in [9.17, 15) is 0 Å². The Balaban J connectivity index is 1.55. The molecule has 7 nitrogen and oxygen atoms in total. The number of pyridine rings is 1. The molecular weight excluding hydrogens is 270 g/mol. The van der Waals surface area contributed by atoms with Gasteiger partial charge in [-0.2, -0.15) is 0 Å². The van der Waals surface area contributed by atoms with Crippen molar-refractivity contribution in [3.8, 4) is 5.88 Å². The monoisotopic (exact) mass is 289 g/mol. The van der Waals surface area contributed by atoms with Crippen molar-refractivity contribution >= 4 is 0 Å². The Morgan fingerprint density at radius 1 is 1.43 bits per heavy atom. The number of nitrogens with zero attached hydrogens (tertiary/aromatic N) is 5. The molecule has 3 rings (SSSR count). The summed E-state index contributed by atoms with van der Waals surface area (Å²) in [5, 5.41) is 7.80. The Kier molecular flexibility index (Phi) is 4.42. The second-order valence-corrected chi connectivity index (χ2v) is 5.06. The number of methoxy groups -OCH3 is 1. The standard InChI is InChI=1S/C14H19N5O2/c1-20-14-3-2-12(8-15-14)9-18-6-7-21-13(10-18)11-19-5-4-16-17-19/h2-5,8,13H,6-7,9-11H2,1H3. The second-order valence-electron chi connectivity index (χ2n) is 5.06. The zero-order valence-corrected chi connectivity index (χ0v) is 12.1. The Morgan fingerprint density at radius 3 is 3.10 bits per heavy atom. The molecule has 0 bridgehead atoms. The van der Waals surface area contributed by atoms with Crippen LogP contribution < -0.4 is 4.74 Å². The molecule has 3 heterocycles. The lowest BCUT2D eigenvalue weighted by Crippen LogP contribution is -2.43. The van der Waals surface area contributed by atoms with E-state index in [2.05, 4.69) is 20.2 Å². The lowest BCUT2D eigenvalue weighted by Gasteiger charge is -2.32. The Labute approximate surface area is 123 Å². The van der Waals surface area contributed by atoms with Crippen molar-refractivity contribution in [2.45, 2.75) is 19.2 Å². The third-order valence-electron chi connectivity index (χ3n) is 3.50. The molecular formula is C14H19N5O2. The molecule has 1 saturated heterocycles. The van der Waals surface area contributed by atoms with Gasteiger partial charge in [0.1, 0.15) is 0 Å². The van der Waals surface area contributed by atoms with Gasteiger partial charge in [-0.25, -0.2) is 9.67 Å². The van der Waals surface area contributed by atoms with Gasteiger partial charge in [0.15, 0.2) is 0 Å². The molecule has 0 amide bonds. The zero-order chi connectivity index (χ0) is 14.5. The van der Waals surface area contributed by atoms with Crippen LogP contribution in [-0.4, -0.2) is 57.8 Å². The first-order valence-electron chi connectivity index (χ1n) is 7.00. The lowest BCUT2D eigenvalue weighted by atomic mass is 10.2. The molecule has 0 spiro atoms. The Bertz CT molecular complexity index is 543. The van der Waals surface area contributed by atoms with E-state index in [1.54, 1.807) is 13.3 Å². The molecule has 0 saturated carbocycles. The molecule has 112 valence electrons. The summed E-state index contributed by atoms with van der Waals surface area (Å²) >= 11 is 0. The molecule has 21 heavy (non-hydrogen) atoms. The molecule has 2 aromatic heterocycles. The van der Waals surface area contributed by atoms with E-state index in [-0.39, 0.29) is 6.10 Å². The van der Waals surface area contributed by atoms with E-state index in [1.807, 2.05) is 29.2 Å². The third-order valence-corrected chi connectivity index (χ3v) is 3.50. The fourth-order valence-electron chi connectivity index (χ4n) is 2.46. The molecule has 1 aliphatic rings. The van der Waals surface area contributed by atoms with Gasteiger partial charge in [0.05, 0.1) is 32.6 Å². The highest BCUT2D eigenvalue weighted by Crippen LogP contribution is 2.13. The van der Waals surface area contributed by atoms with Crippen LogP contribution in [0.4, 0.5) is 0 Å². The van der Waals surface area contributed by atoms with Crippen molar-refractivity contribution in [2.24, 2.45) is 0 Å². The first-order valence-corrected chi connectivity index (χ1v) is 7.00. The summed E-state index contributed by atoms with van der Waals surface area (Å²) in [6, 6.07) is 3.94. The second kappa shape index (κ2) is 6.64. The van der Waals surface area contributed by atoms with Gasteiger partial charge >= 0.3 is 0 Å².